The molecule has 0 heterocycles. The molecular weight excluding hydrogens is 232 g/mol. The third-order valence-electron chi connectivity index (χ3n) is 2.91. The van der Waals surface area contributed by atoms with Gasteiger partial charge in [-0.1, -0.05) is 0 Å². The summed E-state index contributed by atoms with van der Waals surface area (Å²) in [5.74, 6) is -0.844. The topological polar surface area (TPSA) is 92.4 Å². The first-order valence-corrected chi connectivity index (χ1v) is 5.64. The highest BCUT2D eigenvalue weighted by Gasteiger charge is 2.26. The Labute approximate surface area is 106 Å². The van der Waals surface area contributed by atoms with E-state index < -0.39 is 17.6 Å². The van der Waals surface area contributed by atoms with Crippen molar-refractivity contribution in [2.45, 2.75) is 32.4 Å². The molecule has 0 aliphatic heterocycles. The minimum absolute atomic E-state index is 0.308. The number of aliphatic hydroxyl groups is 1. The van der Waals surface area contributed by atoms with E-state index in [9.17, 15) is 14.7 Å². The van der Waals surface area contributed by atoms with Gasteiger partial charge in [-0.3, -0.25) is 9.59 Å². The predicted molar refractivity (Wildman–Crippen MR) is 68.2 cm³/mol. The van der Waals surface area contributed by atoms with Crippen molar-refractivity contribution in [3.05, 3.63) is 35.4 Å². The summed E-state index contributed by atoms with van der Waals surface area (Å²) >= 11 is 0. The number of amides is 2. The van der Waals surface area contributed by atoms with Crippen molar-refractivity contribution >= 4 is 11.8 Å². The SMILES string of the molecule is CC(O)C(C)(C)NC(=O)c1ccc(C(N)=O)cc1. The van der Waals surface area contributed by atoms with Crippen LogP contribution in [0.3, 0.4) is 0 Å². The summed E-state index contributed by atoms with van der Waals surface area (Å²) in [6, 6.07) is 6.03. The third-order valence-corrected chi connectivity index (χ3v) is 2.91. The van der Waals surface area contributed by atoms with E-state index >= 15 is 0 Å². The van der Waals surface area contributed by atoms with Crippen molar-refractivity contribution in [2.24, 2.45) is 5.73 Å². The molecular formula is C13H18N2O3. The Balaban J connectivity index is 2.82. The Bertz CT molecular complexity index is 450. The predicted octanol–water partition coefficient (Wildman–Crippen LogP) is 0.675. The van der Waals surface area contributed by atoms with Gasteiger partial charge in [-0.25, -0.2) is 0 Å². The van der Waals surface area contributed by atoms with Crippen LogP contribution >= 0.6 is 0 Å². The van der Waals surface area contributed by atoms with Crippen LogP contribution in [0.25, 0.3) is 0 Å². The Morgan fingerprint density at radius 1 is 1.22 bits per heavy atom. The van der Waals surface area contributed by atoms with Gasteiger partial charge in [0, 0.05) is 11.1 Å². The molecule has 2 amide bonds. The fourth-order valence-corrected chi connectivity index (χ4v) is 1.26. The second-order valence-electron chi connectivity index (χ2n) is 4.79. The summed E-state index contributed by atoms with van der Waals surface area (Å²) in [7, 11) is 0. The molecule has 0 saturated heterocycles. The molecule has 5 nitrogen and oxygen atoms in total. The number of nitrogens with one attached hydrogen (secondary N) is 1. The monoisotopic (exact) mass is 250 g/mol. The fraction of sp³-hybridized carbons (Fsp3) is 0.385. The summed E-state index contributed by atoms with van der Waals surface area (Å²) in [6.45, 7) is 5.07. The zero-order valence-corrected chi connectivity index (χ0v) is 10.7. The van der Waals surface area contributed by atoms with E-state index in [-0.39, 0.29) is 5.91 Å². The average Bonchev–Trinajstić information content (AvgIpc) is 2.28. The van der Waals surface area contributed by atoms with E-state index in [2.05, 4.69) is 5.32 Å². The fourth-order valence-electron chi connectivity index (χ4n) is 1.26. The lowest BCUT2D eigenvalue weighted by Gasteiger charge is -2.29. The van der Waals surface area contributed by atoms with Gasteiger partial charge < -0.3 is 16.2 Å². The second-order valence-corrected chi connectivity index (χ2v) is 4.79. The summed E-state index contributed by atoms with van der Waals surface area (Å²) in [5, 5.41) is 12.2. The van der Waals surface area contributed by atoms with Crippen LogP contribution in [0.4, 0.5) is 0 Å². The molecule has 0 bridgehead atoms. The molecule has 0 aliphatic rings. The molecule has 1 unspecified atom stereocenters. The normalized spacial score (nSPS) is 12.9. The van der Waals surface area contributed by atoms with Crippen LogP contribution in [-0.2, 0) is 0 Å². The highest BCUT2D eigenvalue weighted by molar-refractivity contribution is 5.97. The molecule has 1 aromatic rings. The second kappa shape index (κ2) is 5.18. The summed E-state index contributed by atoms with van der Waals surface area (Å²) in [6.07, 6.45) is -0.675. The van der Waals surface area contributed by atoms with Crippen molar-refractivity contribution < 1.29 is 14.7 Å². The van der Waals surface area contributed by atoms with Gasteiger partial charge in [0.1, 0.15) is 0 Å². The van der Waals surface area contributed by atoms with Crippen LogP contribution in [-0.4, -0.2) is 28.6 Å². The largest absolute Gasteiger partial charge is 0.391 e. The van der Waals surface area contributed by atoms with Gasteiger partial charge in [-0.2, -0.15) is 0 Å². The van der Waals surface area contributed by atoms with E-state index in [4.69, 9.17) is 5.73 Å². The van der Waals surface area contributed by atoms with Gasteiger partial charge >= 0.3 is 0 Å². The van der Waals surface area contributed by atoms with Gasteiger partial charge in [0.15, 0.2) is 0 Å². The zero-order valence-electron chi connectivity index (χ0n) is 10.7. The number of hydrogen-bond donors (Lipinski definition) is 3. The molecule has 0 saturated carbocycles. The van der Waals surface area contributed by atoms with Crippen molar-refractivity contribution in [1.82, 2.24) is 5.32 Å². The maximum Gasteiger partial charge on any atom is 0.251 e. The van der Waals surface area contributed by atoms with Crippen LogP contribution in [0.5, 0.6) is 0 Å². The zero-order chi connectivity index (χ0) is 13.9. The number of carbonyl (C=O) groups is 2. The Hall–Kier alpha value is -1.88. The molecule has 1 aromatic carbocycles. The van der Waals surface area contributed by atoms with Crippen molar-refractivity contribution in [2.75, 3.05) is 0 Å². The highest BCUT2D eigenvalue weighted by atomic mass is 16.3. The van der Waals surface area contributed by atoms with E-state index in [0.29, 0.717) is 11.1 Å². The number of hydrogen-bond acceptors (Lipinski definition) is 3. The standard InChI is InChI=1S/C13H18N2O3/c1-8(16)13(2,3)15-12(18)10-6-4-9(5-7-10)11(14)17/h4-8,16H,1-3H3,(H2,14,17)(H,15,18). The van der Waals surface area contributed by atoms with Crippen molar-refractivity contribution in [3.63, 3.8) is 0 Å². The van der Waals surface area contributed by atoms with Crippen LogP contribution in [0.15, 0.2) is 24.3 Å². The number of nitrogens with two attached hydrogens (primary N) is 1. The van der Waals surface area contributed by atoms with Crippen molar-refractivity contribution in [3.8, 4) is 0 Å². The number of benzene rings is 1. The highest BCUT2D eigenvalue weighted by Crippen LogP contribution is 2.11. The van der Waals surface area contributed by atoms with E-state index in [0.717, 1.165) is 0 Å². The first-order chi connectivity index (χ1) is 8.24. The number of primary amides is 1. The molecule has 0 spiro atoms. The van der Waals surface area contributed by atoms with Gasteiger partial charge in [-0.15, -0.1) is 0 Å². The summed E-state index contributed by atoms with van der Waals surface area (Å²) < 4.78 is 0. The van der Waals surface area contributed by atoms with Crippen LogP contribution in [0.2, 0.25) is 0 Å². The first kappa shape index (κ1) is 14.2. The Morgan fingerprint density at radius 2 is 1.67 bits per heavy atom. The summed E-state index contributed by atoms with van der Waals surface area (Å²) in [4.78, 5) is 22.8. The molecule has 1 atom stereocenters. The molecule has 0 aliphatic carbocycles. The van der Waals surface area contributed by atoms with Crippen LogP contribution in [0, 0.1) is 0 Å². The van der Waals surface area contributed by atoms with Gasteiger partial charge in [-0.05, 0) is 45.0 Å². The van der Waals surface area contributed by atoms with E-state index in [1.807, 2.05) is 0 Å². The molecule has 18 heavy (non-hydrogen) atoms. The quantitative estimate of drug-likeness (QED) is 0.733. The molecule has 0 radical (unpaired) electrons. The molecule has 0 aromatic heterocycles. The van der Waals surface area contributed by atoms with Crippen LogP contribution < -0.4 is 11.1 Å². The molecule has 1 rings (SSSR count). The number of rotatable bonds is 4. The lowest BCUT2D eigenvalue weighted by Crippen LogP contribution is -2.50. The van der Waals surface area contributed by atoms with Gasteiger partial charge in [0.25, 0.3) is 5.91 Å². The molecule has 5 heteroatoms. The van der Waals surface area contributed by atoms with Crippen molar-refractivity contribution in [1.29, 1.82) is 0 Å². The lowest BCUT2D eigenvalue weighted by molar-refractivity contribution is 0.0709. The molecule has 98 valence electrons. The maximum absolute atomic E-state index is 11.9. The van der Waals surface area contributed by atoms with Crippen LogP contribution in [0.1, 0.15) is 41.5 Å². The number of aliphatic hydroxyl groups excluding tert-OH is 1. The summed E-state index contributed by atoms with van der Waals surface area (Å²) in [5.41, 5.74) is 5.15. The first-order valence-electron chi connectivity index (χ1n) is 5.64. The smallest absolute Gasteiger partial charge is 0.251 e. The maximum atomic E-state index is 11.9. The number of carbonyl (C=O) groups excluding carboxylic acids is 2. The van der Waals surface area contributed by atoms with Gasteiger partial charge in [0.2, 0.25) is 5.91 Å². The minimum Gasteiger partial charge on any atom is -0.391 e. The third kappa shape index (κ3) is 3.30. The van der Waals surface area contributed by atoms with E-state index in [1.165, 1.54) is 24.3 Å². The lowest BCUT2D eigenvalue weighted by atomic mass is 9.98. The van der Waals surface area contributed by atoms with Gasteiger partial charge in [0.05, 0.1) is 11.6 Å². The Morgan fingerprint density at radius 3 is 2.06 bits per heavy atom. The van der Waals surface area contributed by atoms with E-state index in [1.54, 1.807) is 20.8 Å². The Kier molecular flexibility index (Phi) is 4.08. The minimum atomic E-state index is -0.723. The molecule has 4 N–H and O–H groups in total. The average molecular weight is 250 g/mol. The molecule has 0 fully saturated rings.